The molecule has 1 aliphatic rings. The molecule has 0 aliphatic heterocycles. The van der Waals surface area contributed by atoms with Crippen LogP contribution in [-0.4, -0.2) is 50.0 Å². The summed E-state index contributed by atoms with van der Waals surface area (Å²) in [6.45, 7) is 0.480. The molecule has 166 valence electrons. The fraction of sp³-hybridized carbons (Fsp3) is 0.684. The van der Waals surface area contributed by atoms with Gasteiger partial charge in [0.25, 0.3) is 0 Å². The van der Waals surface area contributed by atoms with Gasteiger partial charge in [-0.05, 0) is 30.9 Å². The largest absolute Gasteiger partial charge is 0.468 e. The van der Waals surface area contributed by atoms with Gasteiger partial charge in [-0.3, -0.25) is 4.99 Å². The van der Waals surface area contributed by atoms with Crippen LogP contribution in [0.3, 0.4) is 0 Å². The molecular weight excluding hydrogens is 500 g/mol. The van der Waals surface area contributed by atoms with Crippen molar-refractivity contribution in [2.24, 2.45) is 4.99 Å². The predicted octanol–water partition coefficient (Wildman–Crippen LogP) is 4.05. The van der Waals surface area contributed by atoms with Crippen LogP contribution in [-0.2, 0) is 11.3 Å². The number of aromatic nitrogens is 1. The molecule has 0 aromatic carbocycles. The molecule has 1 aromatic heterocycles. The fourth-order valence-corrected chi connectivity index (χ4v) is 2.96. The Hall–Kier alpha value is -1.30. The van der Waals surface area contributed by atoms with Crippen LogP contribution < -0.4 is 15.4 Å². The third-order valence-electron chi connectivity index (χ3n) is 4.39. The van der Waals surface area contributed by atoms with Crippen LogP contribution in [0.1, 0.15) is 44.1 Å². The molecule has 29 heavy (non-hydrogen) atoms. The Morgan fingerprint density at radius 2 is 2.00 bits per heavy atom. The SMILES string of the molecule is CN=C(NCCCOC1CCCCC1)NCc1ccnc(OCC(F)(F)F)c1.I. The molecule has 0 atom stereocenters. The van der Waals surface area contributed by atoms with Crippen molar-refractivity contribution in [1.29, 1.82) is 0 Å². The van der Waals surface area contributed by atoms with Crippen molar-refractivity contribution < 1.29 is 22.6 Å². The molecule has 0 saturated heterocycles. The van der Waals surface area contributed by atoms with E-state index in [1.807, 2.05) is 0 Å². The lowest BCUT2D eigenvalue weighted by Crippen LogP contribution is -2.37. The van der Waals surface area contributed by atoms with Crippen LogP contribution >= 0.6 is 24.0 Å². The zero-order valence-electron chi connectivity index (χ0n) is 16.6. The molecule has 0 unspecified atom stereocenters. The maximum absolute atomic E-state index is 12.2. The molecule has 6 nitrogen and oxygen atoms in total. The number of rotatable bonds is 9. The highest BCUT2D eigenvalue weighted by Gasteiger charge is 2.28. The minimum atomic E-state index is -4.39. The highest BCUT2D eigenvalue weighted by Crippen LogP contribution is 2.20. The summed E-state index contributed by atoms with van der Waals surface area (Å²) in [5.74, 6) is 0.562. The highest BCUT2D eigenvalue weighted by molar-refractivity contribution is 14.0. The molecule has 1 saturated carbocycles. The second-order valence-electron chi connectivity index (χ2n) is 6.74. The number of hydrogen-bond donors (Lipinski definition) is 2. The third kappa shape index (κ3) is 11.5. The second-order valence-corrected chi connectivity index (χ2v) is 6.74. The lowest BCUT2D eigenvalue weighted by molar-refractivity contribution is -0.154. The minimum absolute atomic E-state index is 0. The number of hydrogen-bond acceptors (Lipinski definition) is 4. The normalized spacial score (nSPS) is 15.5. The Morgan fingerprint density at radius 1 is 1.24 bits per heavy atom. The maximum Gasteiger partial charge on any atom is 0.422 e. The molecule has 1 fully saturated rings. The van der Waals surface area contributed by atoms with Gasteiger partial charge in [0, 0.05) is 39.0 Å². The topological polar surface area (TPSA) is 67.8 Å². The average Bonchev–Trinajstić information content (AvgIpc) is 2.69. The van der Waals surface area contributed by atoms with E-state index in [0.29, 0.717) is 18.6 Å². The summed E-state index contributed by atoms with van der Waals surface area (Å²) in [7, 11) is 1.66. The number of halogens is 4. The van der Waals surface area contributed by atoms with Gasteiger partial charge in [-0.15, -0.1) is 24.0 Å². The quantitative estimate of drug-likeness (QED) is 0.218. The van der Waals surface area contributed by atoms with E-state index in [4.69, 9.17) is 4.74 Å². The molecule has 10 heteroatoms. The summed E-state index contributed by atoms with van der Waals surface area (Å²) in [4.78, 5) is 7.93. The monoisotopic (exact) mass is 530 g/mol. The Kier molecular flexibility index (Phi) is 12.3. The number of aliphatic imine (C=N–C) groups is 1. The molecule has 2 rings (SSSR count). The second kappa shape index (κ2) is 13.8. The number of nitrogens with one attached hydrogen (secondary N) is 2. The van der Waals surface area contributed by atoms with Crippen LogP contribution in [0.4, 0.5) is 13.2 Å². The van der Waals surface area contributed by atoms with Crippen molar-refractivity contribution in [3.05, 3.63) is 23.9 Å². The van der Waals surface area contributed by atoms with E-state index in [-0.39, 0.29) is 29.9 Å². The first-order valence-corrected chi connectivity index (χ1v) is 9.67. The van der Waals surface area contributed by atoms with Gasteiger partial charge in [-0.2, -0.15) is 13.2 Å². The van der Waals surface area contributed by atoms with Crippen LogP contribution in [0.15, 0.2) is 23.3 Å². The van der Waals surface area contributed by atoms with Crippen molar-refractivity contribution in [1.82, 2.24) is 15.6 Å². The van der Waals surface area contributed by atoms with Gasteiger partial charge in [0.1, 0.15) is 0 Å². The van der Waals surface area contributed by atoms with E-state index in [1.165, 1.54) is 31.5 Å². The molecule has 1 heterocycles. The van der Waals surface area contributed by atoms with Gasteiger partial charge in [0.2, 0.25) is 5.88 Å². The Balaban J connectivity index is 0.00000420. The van der Waals surface area contributed by atoms with E-state index in [2.05, 4.69) is 25.3 Å². The fourth-order valence-electron chi connectivity index (χ4n) is 2.96. The molecular formula is C19H30F3IN4O2. The first-order valence-electron chi connectivity index (χ1n) is 9.67. The van der Waals surface area contributed by atoms with E-state index < -0.39 is 12.8 Å². The van der Waals surface area contributed by atoms with Gasteiger partial charge in [-0.25, -0.2) is 4.98 Å². The van der Waals surface area contributed by atoms with Crippen molar-refractivity contribution in [3.8, 4) is 5.88 Å². The number of nitrogens with zero attached hydrogens (tertiary/aromatic N) is 2. The van der Waals surface area contributed by atoms with E-state index in [1.54, 1.807) is 13.1 Å². The minimum Gasteiger partial charge on any atom is -0.468 e. The van der Waals surface area contributed by atoms with Gasteiger partial charge in [0.15, 0.2) is 12.6 Å². The Morgan fingerprint density at radius 3 is 2.69 bits per heavy atom. The molecule has 0 amide bonds. The van der Waals surface area contributed by atoms with Gasteiger partial charge in [-0.1, -0.05) is 19.3 Å². The molecule has 2 N–H and O–H groups in total. The van der Waals surface area contributed by atoms with E-state index in [9.17, 15) is 13.2 Å². The van der Waals surface area contributed by atoms with Crippen LogP contribution in [0.2, 0.25) is 0 Å². The van der Waals surface area contributed by atoms with Crippen molar-refractivity contribution in [3.63, 3.8) is 0 Å². The van der Waals surface area contributed by atoms with Crippen molar-refractivity contribution in [2.75, 3.05) is 26.8 Å². The molecule has 1 aromatic rings. The number of alkyl halides is 3. The third-order valence-corrected chi connectivity index (χ3v) is 4.39. The Bertz CT molecular complexity index is 611. The highest BCUT2D eigenvalue weighted by atomic mass is 127. The lowest BCUT2D eigenvalue weighted by Gasteiger charge is -2.22. The van der Waals surface area contributed by atoms with E-state index in [0.717, 1.165) is 38.0 Å². The lowest BCUT2D eigenvalue weighted by atomic mass is 9.98. The zero-order chi connectivity index (χ0) is 20.2. The number of pyridine rings is 1. The molecule has 0 radical (unpaired) electrons. The maximum atomic E-state index is 12.2. The van der Waals surface area contributed by atoms with Gasteiger partial charge < -0.3 is 20.1 Å². The predicted molar refractivity (Wildman–Crippen MR) is 117 cm³/mol. The molecule has 0 bridgehead atoms. The standard InChI is InChI=1S/C19H29F3N4O2.HI/c1-23-18(25-9-5-11-27-16-6-3-2-4-7-16)26-13-15-8-10-24-17(12-15)28-14-19(20,21)22;/h8,10,12,16H,2-7,9,11,13-14H2,1H3,(H2,23,25,26);1H. The van der Waals surface area contributed by atoms with Crippen LogP contribution in [0.5, 0.6) is 5.88 Å². The van der Waals surface area contributed by atoms with E-state index >= 15 is 0 Å². The van der Waals surface area contributed by atoms with Crippen LogP contribution in [0, 0.1) is 0 Å². The van der Waals surface area contributed by atoms with Crippen molar-refractivity contribution in [2.45, 2.75) is 57.3 Å². The van der Waals surface area contributed by atoms with Gasteiger partial charge >= 0.3 is 6.18 Å². The summed E-state index contributed by atoms with van der Waals surface area (Å²) in [6.07, 6.45) is 4.48. The molecule has 1 aliphatic carbocycles. The summed E-state index contributed by atoms with van der Waals surface area (Å²) >= 11 is 0. The molecule has 0 spiro atoms. The zero-order valence-corrected chi connectivity index (χ0v) is 19.0. The summed E-state index contributed by atoms with van der Waals surface area (Å²) in [5, 5.41) is 6.32. The van der Waals surface area contributed by atoms with Gasteiger partial charge in [0.05, 0.1) is 6.10 Å². The first-order chi connectivity index (χ1) is 13.5. The first kappa shape index (κ1) is 25.7. The number of ether oxygens (including phenoxy) is 2. The summed E-state index contributed by atoms with van der Waals surface area (Å²) < 4.78 is 47.2. The smallest absolute Gasteiger partial charge is 0.422 e. The van der Waals surface area contributed by atoms with Crippen LogP contribution in [0.25, 0.3) is 0 Å². The summed E-state index contributed by atoms with van der Waals surface area (Å²) in [6, 6.07) is 3.18. The summed E-state index contributed by atoms with van der Waals surface area (Å²) in [5.41, 5.74) is 0.746. The van der Waals surface area contributed by atoms with Crippen molar-refractivity contribution >= 4 is 29.9 Å². The number of guanidine groups is 1. The Labute approximate surface area is 187 Å². The average molecular weight is 530 g/mol.